The maximum Gasteiger partial charge on any atom is 0.339 e. The Kier molecular flexibility index (Phi) is 4.15. The van der Waals surface area contributed by atoms with Crippen LogP contribution < -0.4 is 0 Å². The van der Waals surface area contributed by atoms with Gasteiger partial charge < -0.3 is 10.2 Å². The third-order valence-electron chi connectivity index (χ3n) is 0.989. The highest BCUT2D eigenvalue weighted by atomic mass is 17.1. The Morgan fingerprint density at radius 3 is 1.25 bits per heavy atom. The summed E-state index contributed by atoms with van der Waals surface area (Å²) in [5, 5.41) is 32.2. The molecule has 0 aliphatic rings. The van der Waals surface area contributed by atoms with Crippen molar-refractivity contribution in [3.8, 4) is 0 Å². The molecule has 4 N–H and O–H groups in total. The third kappa shape index (κ3) is 2.43. The molecule has 8 nitrogen and oxygen atoms in total. The van der Waals surface area contributed by atoms with Crippen molar-refractivity contribution in [1.82, 2.24) is 0 Å². The van der Waals surface area contributed by atoms with Crippen molar-refractivity contribution in [1.29, 1.82) is 0 Å². The first-order chi connectivity index (χ1) is 5.54. The second-order valence-electron chi connectivity index (χ2n) is 1.73. The molecular formula is C4H6O8. The van der Waals surface area contributed by atoms with Crippen LogP contribution in [0.25, 0.3) is 0 Å². The second kappa shape index (κ2) is 4.62. The van der Waals surface area contributed by atoms with E-state index in [-0.39, 0.29) is 0 Å². The molecule has 0 aromatic carbocycles. The average molecular weight is 182 g/mol. The van der Waals surface area contributed by atoms with Gasteiger partial charge in [-0.25, -0.2) is 19.4 Å². The number of rotatable bonds is 5. The molecule has 0 aliphatic heterocycles. The quantitative estimate of drug-likeness (QED) is 0.310. The highest BCUT2D eigenvalue weighted by molar-refractivity contribution is 5.83. The van der Waals surface area contributed by atoms with E-state index < -0.39 is 24.1 Å². The van der Waals surface area contributed by atoms with Crippen LogP contribution in [0, 0.1) is 0 Å². The zero-order chi connectivity index (χ0) is 9.72. The van der Waals surface area contributed by atoms with Crippen LogP contribution in [0.15, 0.2) is 0 Å². The Bertz CT molecular complexity index is 156. The Morgan fingerprint density at radius 2 is 1.17 bits per heavy atom. The van der Waals surface area contributed by atoms with E-state index in [0.717, 1.165) is 0 Å². The summed E-state index contributed by atoms with van der Waals surface area (Å²) in [4.78, 5) is 26.7. The third-order valence-corrected chi connectivity index (χ3v) is 0.989. The van der Waals surface area contributed by atoms with E-state index in [0.29, 0.717) is 0 Å². The summed E-state index contributed by atoms with van der Waals surface area (Å²) in [5.74, 6) is -3.56. The summed E-state index contributed by atoms with van der Waals surface area (Å²) in [6.45, 7) is 0. The molecule has 70 valence electrons. The molecule has 0 radical (unpaired) electrons. The Labute approximate surface area is 65.4 Å². The number of carboxylic acids is 2. The van der Waals surface area contributed by atoms with Gasteiger partial charge in [0.05, 0.1) is 0 Å². The highest BCUT2D eigenvalue weighted by Crippen LogP contribution is 2.02. The number of hydrogen-bond acceptors (Lipinski definition) is 6. The lowest BCUT2D eigenvalue weighted by Crippen LogP contribution is -2.42. The fourth-order valence-electron chi connectivity index (χ4n) is 0.460. The molecule has 0 saturated carbocycles. The van der Waals surface area contributed by atoms with Crippen LogP contribution in [0.1, 0.15) is 0 Å². The molecule has 0 fully saturated rings. The van der Waals surface area contributed by atoms with E-state index in [4.69, 9.17) is 20.7 Å². The minimum Gasteiger partial charge on any atom is -0.479 e. The van der Waals surface area contributed by atoms with E-state index >= 15 is 0 Å². The van der Waals surface area contributed by atoms with Crippen LogP contribution in [0.4, 0.5) is 0 Å². The van der Waals surface area contributed by atoms with Crippen molar-refractivity contribution in [2.24, 2.45) is 0 Å². The molecule has 2 atom stereocenters. The minimum absolute atomic E-state index is 1.78. The maximum absolute atomic E-state index is 10.1. The lowest BCUT2D eigenvalue weighted by atomic mass is 10.2. The van der Waals surface area contributed by atoms with E-state index in [1.807, 2.05) is 0 Å². The maximum atomic E-state index is 10.1. The van der Waals surface area contributed by atoms with Gasteiger partial charge in [0.1, 0.15) is 0 Å². The van der Waals surface area contributed by atoms with Crippen LogP contribution in [0.3, 0.4) is 0 Å². The highest BCUT2D eigenvalue weighted by Gasteiger charge is 2.37. The van der Waals surface area contributed by atoms with Gasteiger partial charge in [-0.3, -0.25) is 10.5 Å². The summed E-state index contributed by atoms with van der Waals surface area (Å²) in [5.41, 5.74) is 0. The smallest absolute Gasteiger partial charge is 0.339 e. The molecule has 8 heteroatoms. The number of hydrogen-bond donors (Lipinski definition) is 4. The van der Waals surface area contributed by atoms with Crippen LogP contribution >= 0.6 is 0 Å². The van der Waals surface area contributed by atoms with Crippen molar-refractivity contribution < 1.29 is 40.1 Å². The Balaban J connectivity index is 4.44. The lowest BCUT2D eigenvalue weighted by Gasteiger charge is -2.13. The molecular weight excluding hydrogens is 176 g/mol. The summed E-state index contributed by atoms with van der Waals surface area (Å²) >= 11 is 0. The summed E-state index contributed by atoms with van der Waals surface area (Å²) < 4.78 is 0. The number of aliphatic carboxylic acids is 2. The van der Waals surface area contributed by atoms with Gasteiger partial charge in [0.15, 0.2) is 0 Å². The van der Waals surface area contributed by atoms with Gasteiger partial charge in [0, 0.05) is 0 Å². The number of carbonyl (C=O) groups is 2. The van der Waals surface area contributed by atoms with Gasteiger partial charge in [-0.2, -0.15) is 0 Å². The normalized spacial score (nSPS) is 15.2. The molecule has 0 aromatic rings. The fraction of sp³-hybridized carbons (Fsp3) is 0.500. The lowest BCUT2D eigenvalue weighted by molar-refractivity contribution is -0.343. The molecule has 0 aliphatic carbocycles. The zero-order valence-electron chi connectivity index (χ0n) is 5.58. The zero-order valence-corrected chi connectivity index (χ0v) is 5.58. The Morgan fingerprint density at radius 1 is 0.917 bits per heavy atom. The van der Waals surface area contributed by atoms with Crippen LogP contribution in [0.2, 0.25) is 0 Å². The predicted octanol–water partition coefficient (Wildman–Crippen LogP) is -1.13. The SMILES string of the molecule is O=C(O)[C@@H](OO)[C@H](OO)C(=O)O. The van der Waals surface area contributed by atoms with Crippen LogP contribution in [0.5, 0.6) is 0 Å². The summed E-state index contributed by atoms with van der Waals surface area (Å²) in [6, 6.07) is 0. The first kappa shape index (κ1) is 10.8. The standard InChI is InChI=1S/C4H6O8/c5-3(6)1(11-9)2(12-10)4(7)8/h1-2,9-10H,(H,5,6)(H,7,8)/t1-,2-/m0/s1. The van der Waals surface area contributed by atoms with Gasteiger partial charge >= 0.3 is 11.9 Å². The van der Waals surface area contributed by atoms with Crippen molar-refractivity contribution in [2.75, 3.05) is 0 Å². The average Bonchev–Trinajstić information content (AvgIpc) is 1.98. The van der Waals surface area contributed by atoms with Gasteiger partial charge in [0.25, 0.3) is 0 Å². The van der Waals surface area contributed by atoms with Crippen molar-refractivity contribution in [3.63, 3.8) is 0 Å². The molecule has 0 unspecified atom stereocenters. The largest absolute Gasteiger partial charge is 0.479 e. The molecule has 12 heavy (non-hydrogen) atoms. The Hall–Kier alpha value is -1.22. The molecule has 0 heterocycles. The van der Waals surface area contributed by atoms with Gasteiger partial charge in [0.2, 0.25) is 12.2 Å². The van der Waals surface area contributed by atoms with Crippen molar-refractivity contribution in [3.05, 3.63) is 0 Å². The van der Waals surface area contributed by atoms with Gasteiger partial charge in [-0.05, 0) is 0 Å². The van der Waals surface area contributed by atoms with E-state index in [2.05, 4.69) is 9.78 Å². The molecule has 0 spiro atoms. The molecule has 0 rings (SSSR count). The predicted molar refractivity (Wildman–Crippen MR) is 30.3 cm³/mol. The molecule has 0 aromatic heterocycles. The first-order valence-corrected chi connectivity index (χ1v) is 2.60. The minimum atomic E-state index is -2.17. The first-order valence-electron chi connectivity index (χ1n) is 2.60. The van der Waals surface area contributed by atoms with Crippen molar-refractivity contribution >= 4 is 11.9 Å². The molecule has 0 amide bonds. The van der Waals surface area contributed by atoms with Gasteiger partial charge in [-0.1, -0.05) is 0 Å². The molecule has 0 bridgehead atoms. The summed E-state index contributed by atoms with van der Waals surface area (Å²) in [7, 11) is 0. The van der Waals surface area contributed by atoms with Crippen LogP contribution in [-0.4, -0.2) is 44.9 Å². The summed E-state index contributed by atoms with van der Waals surface area (Å²) in [6.07, 6.45) is -4.35. The van der Waals surface area contributed by atoms with Crippen LogP contribution in [-0.2, 0) is 19.4 Å². The number of carboxylic acid groups (broad SMARTS) is 2. The van der Waals surface area contributed by atoms with Gasteiger partial charge in [-0.15, -0.1) is 0 Å². The second-order valence-corrected chi connectivity index (χ2v) is 1.73. The monoisotopic (exact) mass is 182 g/mol. The van der Waals surface area contributed by atoms with E-state index in [9.17, 15) is 9.59 Å². The van der Waals surface area contributed by atoms with Crippen molar-refractivity contribution in [2.45, 2.75) is 12.2 Å². The topological polar surface area (TPSA) is 134 Å². The van der Waals surface area contributed by atoms with E-state index in [1.165, 1.54) is 0 Å². The molecule has 0 saturated heterocycles. The fourth-order valence-corrected chi connectivity index (χ4v) is 0.460. The van der Waals surface area contributed by atoms with E-state index in [1.54, 1.807) is 0 Å².